The molecule has 7 heteroatoms. The van der Waals surface area contributed by atoms with Crippen LogP contribution in [0.1, 0.15) is 22.8 Å². The Bertz CT molecular complexity index is 828. The lowest BCUT2D eigenvalue weighted by Crippen LogP contribution is -2.30. The van der Waals surface area contributed by atoms with Crippen molar-refractivity contribution in [1.82, 2.24) is 0 Å². The van der Waals surface area contributed by atoms with Gasteiger partial charge in [-0.2, -0.15) is 5.26 Å². The molecule has 0 aromatic heterocycles. The van der Waals surface area contributed by atoms with Gasteiger partial charge in [0.1, 0.15) is 5.75 Å². The number of ether oxygens (including phenoxy) is 2. The molecule has 1 amide bonds. The van der Waals surface area contributed by atoms with E-state index in [1.807, 2.05) is 6.07 Å². The highest BCUT2D eigenvalue weighted by atomic mass is 79.9. The first-order chi connectivity index (χ1) is 11.9. The summed E-state index contributed by atoms with van der Waals surface area (Å²) in [5, 5.41) is 11.4. The third-order valence-electron chi connectivity index (χ3n) is 3.33. The number of nitrogens with one attached hydrogen (secondary N) is 1. The van der Waals surface area contributed by atoms with Gasteiger partial charge in [-0.1, -0.05) is 0 Å². The predicted molar refractivity (Wildman–Crippen MR) is 95.4 cm³/mol. The number of esters is 1. The number of carbonyl (C=O) groups excluding carboxylic acids is 2. The van der Waals surface area contributed by atoms with Crippen molar-refractivity contribution in [2.24, 2.45) is 0 Å². The molecule has 1 atom stereocenters. The molecule has 0 aliphatic carbocycles. The summed E-state index contributed by atoms with van der Waals surface area (Å²) in [6.45, 7) is 1.48. The van der Waals surface area contributed by atoms with E-state index in [4.69, 9.17) is 14.7 Å². The van der Waals surface area contributed by atoms with Crippen molar-refractivity contribution < 1.29 is 19.1 Å². The van der Waals surface area contributed by atoms with E-state index in [2.05, 4.69) is 21.2 Å². The SMILES string of the molecule is COc1ccc(Br)c(C(=O)O[C@@H](C)C(=O)Nc2ccc(C#N)cc2)c1. The number of anilines is 1. The third-order valence-corrected chi connectivity index (χ3v) is 4.02. The summed E-state index contributed by atoms with van der Waals surface area (Å²) in [6, 6.07) is 13.2. The first-order valence-corrected chi connectivity index (χ1v) is 8.09. The van der Waals surface area contributed by atoms with Crippen molar-refractivity contribution in [3.8, 4) is 11.8 Å². The van der Waals surface area contributed by atoms with Gasteiger partial charge in [-0.15, -0.1) is 0 Å². The summed E-state index contributed by atoms with van der Waals surface area (Å²) in [5.41, 5.74) is 1.26. The number of halogens is 1. The monoisotopic (exact) mass is 402 g/mol. The zero-order valence-electron chi connectivity index (χ0n) is 13.6. The molecule has 25 heavy (non-hydrogen) atoms. The predicted octanol–water partition coefficient (Wildman–Crippen LogP) is 3.51. The van der Waals surface area contributed by atoms with Gasteiger partial charge in [-0.25, -0.2) is 4.79 Å². The zero-order chi connectivity index (χ0) is 18.4. The number of nitriles is 1. The van der Waals surface area contributed by atoms with Gasteiger partial charge in [0.2, 0.25) is 0 Å². The van der Waals surface area contributed by atoms with Gasteiger partial charge in [-0.3, -0.25) is 4.79 Å². The molecule has 0 fully saturated rings. The van der Waals surface area contributed by atoms with Crippen LogP contribution in [0.3, 0.4) is 0 Å². The van der Waals surface area contributed by atoms with Crippen molar-refractivity contribution in [3.63, 3.8) is 0 Å². The highest BCUT2D eigenvalue weighted by Crippen LogP contribution is 2.23. The van der Waals surface area contributed by atoms with Crippen LogP contribution in [0.5, 0.6) is 5.75 Å². The molecule has 0 aliphatic heterocycles. The lowest BCUT2D eigenvalue weighted by molar-refractivity contribution is -0.123. The van der Waals surface area contributed by atoms with Crippen LogP contribution in [0.25, 0.3) is 0 Å². The molecular formula is C18H15BrN2O4. The average Bonchev–Trinajstić information content (AvgIpc) is 2.62. The second-order valence-corrected chi connectivity index (χ2v) is 5.93. The maximum atomic E-state index is 12.3. The Labute approximate surface area is 153 Å². The minimum atomic E-state index is -0.999. The first kappa shape index (κ1) is 18.5. The van der Waals surface area contributed by atoms with Crippen LogP contribution in [0.4, 0.5) is 5.69 Å². The van der Waals surface area contributed by atoms with Crippen molar-refractivity contribution in [1.29, 1.82) is 5.26 Å². The Hall–Kier alpha value is -2.85. The quantitative estimate of drug-likeness (QED) is 0.772. The van der Waals surface area contributed by atoms with Crippen LogP contribution in [0, 0.1) is 11.3 Å². The fourth-order valence-corrected chi connectivity index (χ4v) is 2.35. The highest BCUT2D eigenvalue weighted by Gasteiger charge is 2.21. The molecule has 0 saturated carbocycles. The molecule has 0 spiro atoms. The van der Waals surface area contributed by atoms with Gasteiger partial charge >= 0.3 is 5.97 Å². The smallest absolute Gasteiger partial charge is 0.340 e. The van der Waals surface area contributed by atoms with Gasteiger partial charge in [0.25, 0.3) is 5.91 Å². The molecule has 2 rings (SSSR count). The van der Waals surface area contributed by atoms with Crippen LogP contribution in [-0.2, 0) is 9.53 Å². The number of nitrogens with zero attached hydrogens (tertiary/aromatic N) is 1. The van der Waals surface area contributed by atoms with E-state index in [-0.39, 0.29) is 5.56 Å². The van der Waals surface area contributed by atoms with E-state index in [0.29, 0.717) is 21.5 Å². The first-order valence-electron chi connectivity index (χ1n) is 7.30. The number of hydrogen-bond acceptors (Lipinski definition) is 5. The Kier molecular flexibility index (Phi) is 6.14. The second kappa shape index (κ2) is 8.31. The Morgan fingerprint density at radius 3 is 2.48 bits per heavy atom. The average molecular weight is 403 g/mol. The van der Waals surface area contributed by atoms with E-state index in [1.165, 1.54) is 20.1 Å². The van der Waals surface area contributed by atoms with Gasteiger partial charge in [0, 0.05) is 10.2 Å². The van der Waals surface area contributed by atoms with E-state index in [9.17, 15) is 9.59 Å². The van der Waals surface area contributed by atoms with E-state index in [0.717, 1.165) is 0 Å². The highest BCUT2D eigenvalue weighted by molar-refractivity contribution is 9.10. The normalized spacial score (nSPS) is 11.1. The van der Waals surface area contributed by atoms with E-state index < -0.39 is 18.0 Å². The summed E-state index contributed by atoms with van der Waals surface area (Å²) in [4.78, 5) is 24.4. The van der Waals surface area contributed by atoms with Crippen LogP contribution in [0.15, 0.2) is 46.9 Å². The van der Waals surface area contributed by atoms with Crippen LogP contribution in [0.2, 0.25) is 0 Å². The van der Waals surface area contributed by atoms with Gasteiger partial charge in [-0.05, 0) is 65.3 Å². The van der Waals surface area contributed by atoms with Gasteiger partial charge in [0.15, 0.2) is 6.10 Å². The summed E-state index contributed by atoms with van der Waals surface area (Å²) in [7, 11) is 1.49. The summed E-state index contributed by atoms with van der Waals surface area (Å²) < 4.78 is 10.8. The minimum absolute atomic E-state index is 0.261. The van der Waals surface area contributed by atoms with Crippen molar-refractivity contribution in [2.45, 2.75) is 13.0 Å². The van der Waals surface area contributed by atoms with Crippen molar-refractivity contribution >= 4 is 33.5 Å². The molecule has 0 saturated heterocycles. The molecule has 128 valence electrons. The van der Waals surface area contributed by atoms with E-state index >= 15 is 0 Å². The number of amides is 1. The fourth-order valence-electron chi connectivity index (χ4n) is 1.94. The van der Waals surface area contributed by atoms with Gasteiger partial charge in [0.05, 0.1) is 24.3 Å². The molecule has 0 radical (unpaired) electrons. The Morgan fingerprint density at radius 1 is 1.20 bits per heavy atom. The molecular weight excluding hydrogens is 388 g/mol. The molecule has 1 N–H and O–H groups in total. The summed E-state index contributed by atoms with van der Waals surface area (Å²) >= 11 is 3.27. The largest absolute Gasteiger partial charge is 0.497 e. The Morgan fingerprint density at radius 2 is 1.88 bits per heavy atom. The lowest BCUT2D eigenvalue weighted by atomic mass is 10.2. The summed E-state index contributed by atoms with van der Waals surface area (Å²) in [6.07, 6.45) is -0.999. The number of methoxy groups -OCH3 is 1. The molecule has 0 unspecified atom stereocenters. The van der Waals surface area contributed by atoms with E-state index in [1.54, 1.807) is 36.4 Å². The topological polar surface area (TPSA) is 88.4 Å². The molecule has 2 aromatic rings. The van der Waals surface area contributed by atoms with Crippen molar-refractivity contribution in [3.05, 3.63) is 58.1 Å². The Balaban J connectivity index is 2.02. The summed E-state index contributed by atoms with van der Waals surface area (Å²) in [5.74, 6) is -0.616. The van der Waals surface area contributed by atoms with Crippen LogP contribution in [-0.4, -0.2) is 25.1 Å². The third kappa shape index (κ3) is 4.81. The standard InChI is InChI=1S/C18H15BrN2O4/c1-11(17(22)21-13-5-3-12(10-20)4-6-13)25-18(23)15-9-14(24-2)7-8-16(15)19/h3-9,11H,1-2H3,(H,21,22)/t11-/m0/s1. The van der Waals surface area contributed by atoms with Crippen molar-refractivity contribution in [2.75, 3.05) is 12.4 Å². The molecule has 0 heterocycles. The maximum Gasteiger partial charge on any atom is 0.340 e. The lowest BCUT2D eigenvalue weighted by Gasteiger charge is -2.14. The molecule has 0 aliphatic rings. The number of carbonyl (C=O) groups is 2. The number of hydrogen-bond donors (Lipinski definition) is 1. The number of rotatable bonds is 5. The molecule has 6 nitrogen and oxygen atoms in total. The van der Waals surface area contributed by atoms with Gasteiger partial charge < -0.3 is 14.8 Å². The van der Waals surface area contributed by atoms with Crippen LogP contribution < -0.4 is 10.1 Å². The zero-order valence-corrected chi connectivity index (χ0v) is 15.2. The molecule has 0 bridgehead atoms. The molecule has 2 aromatic carbocycles. The minimum Gasteiger partial charge on any atom is -0.497 e. The second-order valence-electron chi connectivity index (χ2n) is 5.07. The van der Waals surface area contributed by atoms with Crippen LogP contribution >= 0.6 is 15.9 Å². The maximum absolute atomic E-state index is 12.3. The number of benzene rings is 2. The fraction of sp³-hybridized carbons (Fsp3) is 0.167.